The number of nitrogens with zero attached hydrogens (tertiary/aromatic N) is 1. The van der Waals surface area contributed by atoms with Crippen molar-refractivity contribution >= 4 is 17.7 Å². The Morgan fingerprint density at radius 2 is 2.43 bits per heavy atom. The molecule has 0 aromatic heterocycles. The summed E-state index contributed by atoms with van der Waals surface area (Å²) in [5, 5.41) is 3.28. The molecule has 1 saturated heterocycles. The first-order valence-corrected chi connectivity index (χ1v) is 6.57. The number of carbonyl (C=O) groups excluding carboxylic acids is 1. The van der Waals surface area contributed by atoms with Crippen molar-refractivity contribution in [3.05, 3.63) is 0 Å². The number of carbonyl (C=O) groups is 1. The fourth-order valence-corrected chi connectivity index (χ4v) is 2.10. The van der Waals surface area contributed by atoms with Gasteiger partial charge in [-0.3, -0.25) is 4.79 Å². The van der Waals surface area contributed by atoms with Gasteiger partial charge >= 0.3 is 0 Å². The Bertz CT molecular complexity index is 181. The molecule has 1 fully saturated rings. The maximum absolute atomic E-state index is 11.7. The lowest BCUT2D eigenvalue weighted by atomic mass is 10.0. The highest BCUT2D eigenvalue weighted by atomic mass is 32.2. The van der Waals surface area contributed by atoms with Gasteiger partial charge in [-0.25, -0.2) is 0 Å². The molecule has 0 radical (unpaired) electrons. The summed E-state index contributed by atoms with van der Waals surface area (Å²) in [6.07, 6.45) is 3.94. The van der Waals surface area contributed by atoms with Crippen molar-refractivity contribution in [2.45, 2.75) is 12.8 Å². The lowest BCUT2D eigenvalue weighted by Gasteiger charge is -2.18. The lowest BCUT2D eigenvalue weighted by Crippen LogP contribution is -2.30. The van der Waals surface area contributed by atoms with Crippen LogP contribution in [-0.2, 0) is 4.79 Å². The Hall–Kier alpha value is -0.220. The first kappa shape index (κ1) is 11.9. The van der Waals surface area contributed by atoms with Crippen molar-refractivity contribution in [2.75, 3.05) is 38.7 Å². The van der Waals surface area contributed by atoms with Gasteiger partial charge in [-0.05, 0) is 31.7 Å². The van der Waals surface area contributed by atoms with E-state index in [0.29, 0.717) is 11.8 Å². The van der Waals surface area contributed by atoms with Crippen molar-refractivity contribution in [1.82, 2.24) is 10.2 Å². The van der Waals surface area contributed by atoms with Crippen LogP contribution in [0.2, 0.25) is 0 Å². The molecule has 14 heavy (non-hydrogen) atoms. The van der Waals surface area contributed by atoms with Crippen molar-refractivity contribution < 1.29 is 4.79 Å². The molecule has 4 heteroatoms. The minimum atomic E-state index is 0.299. The van der Waals surface area contributed by atoms with E-state index in [9.17, 15) is 4.79 Å². The van der Waals surface area contributed by atoms with Gasteiger partial charge in [0.15, 0.2) is 0 Å². The highest BCUT2D eigenvalue weighted by molar-refractivity contribution is 7.98. The molecule has 1 amide bonds. The Kier molecular flexibility index (Phi) is 5.33. The fraction of sp³-hybridized carbons (Fsp3) is 0.900. The largest absolute Gasteiger partial charge is 0.345 e. The molecule has 82 valence electrons. The Labute approximate surface area is 90.6 Å². The van der Waals surface area contributed by atoms with Gasteiger partial charge in [0.05, 0.1) is 0 Å². The van der Waals surface area contributed by atoms with Gasteiger partial charge in [0.1, 0.15) is 0 Å². The van der Waals surface area contributed by atoms with Crippen LogP contribution < -0.4 is 5.32 Å². The zero-order chi connectivity index (χ0) is 10.4. The van der Waals surface area contributed by atoms with Crippen LogP contribution in [-0.4, -0.2) is 49.5 Å². The third kappa shape index (κ3) is 3.88. The number of hydrogen-bond donors (Lipinski definition) is 1. The third-order valence-corrected chi connectivity index (χ3v) is 3.27. The molecule has 3 nitrogen and oxygen atoms in total. The number of rotatable bonds is 5. The molecular weight excluding hydrogens is 196 g/mol. The van der Waals surface area contributed by atoms with Crippen LogP contribution in [0.4, 0.5) is 0 Å². The van der Waals surface area contributed by atoms with Crippen LogP contribution in [0.1, 0.15) is 12.8 Å². The van der Waals surface area contributed by atoms with Crippen LogP contribution in [0.5, 0.6) is 0 Å². The molecule has 0 saturated carbocycles. The van der Waals surface area contributed by atoms with Gasteiger partial charge < -0.3 is 10.2 Å². The average molecular weight is 216 g/mol. The SMILES string of the molecule is CSCCN(C)C(=O)CC1CCNC1. The quantitative estimate of drug-likeness (QED) is 0.738. The predicted octanol–water partition coefficient (Wildman–Crippen LogP) is 0.807. The molecule has 0 bridgehead atoms. The van der Waals surface area contributed by atoms with E-state index in [1.54, 1.807) is 11.8 Å². The second kappa shape index (κ2) is 6.30. The summed E-state index contributed by atoms with van der Waals surface area (Å²) in [5.74, 6) is 1.90. The molecule has 0 aromatic rings. The first-order chi connectivity index (χ1) is 6.74. The lowest BCUT2D eigenvalue weighted by molar-refractivity contribution is -0.130. The van der Waals surface area contributed by atoms with Crippen LogP contribution in [0.3, 0.4) is 0 Å². The summed E-state index contributed by atoms with van der Waals surface area (Å²) in [6, 6.07) is 0. The van der Waals surface area contributed by atoms with Gasteiger partial charge in [0.25, 0.3) is 0 Å². The minimum Gasteiger partial charge on any atom is -0.345 e. The molecule has 0 aromatic carbocycles. The van der Waals surface area contributed by atoms with E-state index in [0.717, 1.165) is 38.2 Å². The van der Waals surface area contributed by atoms with E-state index in [2.05, 4.69) is 11.6 Å². The van der Waals surface area contributed by atoms with Crippen molar-refractivity contribution in [1.29, 1.82) is 0 Å². The van der Waals surface area contributed by atoms with Gasteiger partial charge in [-0.1, -0.05) is 0 Å². The molecule has 0 aliphatic carbocycles. The third-order valence-electron chi connectivity index (χ3n) is 2.68. The molecule has 1 N–H and O–H groups in total. The maximum atomic E-state index is 11.7. The number of hydrogen-bond acceptors (Lipinski definition) is 3. The average Bonchev–Trinajstić information content (AvgIpc) is 2.66. The molecule has 1 rings (SSSR count). The van der Waals surface area contributed by atoms with E-state index in [-0.39, 0.29) is 0 Å². The summed E-state index contributed by atoms with van der Waals surface area (Å²) in [7, 11) is 1.90. The summed E-state index contributed by atoms with van der Waals surface area (Å²) in [5.41, 5.74) is 0. The van der Waals surface area contributed by atoms with Crippen molar-refractivity contribution in [3.63, 3.8) is 0 Å². The molecule has 1 unspecified atom stereocenters. The zero-order valence-corrected chi connectivity index (χ0v) is 9.90. The smallest absolute Gasteiger partial charge is 0.222 e. The monoisotopic (exact) mass is 216 g/mol. The number of thioether (sulfide) groups is 1. The van der Waals surface area contributed by atoms with Gasteiger partial charge in [0.2, 0.25) is 5.91 Å². The standard InChI is InChI=1S/C10H20N2OS/c1-12(5-6-14-2)10(13)7-9-3-4-11-8-9/h9,11H,3-8H2,1-2H3. The van der Waals surface area contributed by atoms with Crippen molar-refractivity contribution in [3.8, 4) is 0 Å². The predicted molar refractivity (Wildman–Crippen MR) is 61.6 cm³/mol. The maximum Gasteiger partial charge on any atom is 0.222 e. The highest BCUT2D eigenvalue weighted by Crippen LogP contribution is 2.13. The van der Waals surface area contributed by atoms with Crippen LogP contribution in [0.25, 0.3) is 0 Å². The first-order valence-electron chi connectivity index (χ1n) is 5.17. The van der Waals surface area contributed by atoms with E-state index in [1.807, 2.05) is 11.9 Å². The topological polar surface area (TPSA) is 32.3 Å². The molecule has 1 atom stereocenters. The van der Waals surface area contributed by atoms with Crippen LogP contribution in [0, 0.1) is 5.92 Å². The Balaban J connectivity index is 2.18. The van der Waals surface area contributed by atoms with Crippen molar-refractivity contribution in [2.24, 2.45) is 5.92 Å². The molecule has 0 spiro atoms. The highest BCUT2D eigenvalue weighted by Gasteiger charge is 2.19. The normalized spacial score (nSPS) is 21.1. The summed E-state index contributed by atoms with van der Waals surface area (Å²) >= 11 is 1.78. The second-order valence-electron chi connectivity index (χ2n) is 3.87. The van der Waals surface area contributed by atoms with Crippen LogP contribution in [0.15, 0.2) is 0 Å². The molecule has 1 aliphatic heterocycles. The summed E-state index contributed by atoms with van der Waals surface area (Å²) in [6.45, 7) is 2.97. The van der Waals surface area contributed by atoms with E-state index in [1.165, 1.54) is 0 Å². The molecule has 1 heterocycles. The van der Waals surface area contributed by atoms with Gasteiger partial charge in [0, 0.05) is 25.8 Å². The number of nitrogens with one attached hydrogen (secondary N) is 1. The van der Waals surface area contributed by atoms with E-state index >= 15 is 0 Å². The summed E-state index contributed by atoms with van der Waals surface area (Å²) in [4.78, 5) is 13.5. The van der Waals surface area contributed by atoms with Crippen LogP contribution >= 0.6 is 11.8 Å². The molecule has 1 aliphatic rings. The van der Waals surface area contributed by atoms with Gasteiger partial charge in [-0.15, -0.1) is 0 Å². The fourth-order valence-electron chi connectivity index (χ4n) is 1.64. The van der Waals surface area contributed by atoms with E-state index in [4.69, 9.17) is 0 Å². The van der Waals surface area contributed by atoms with E-state index < -0.39 is 0 Å². The van der Waals surface area contributed by atoms with Gasteiger partial charge in [-0.2, -0.15) is 11.8 Å². The second-order valence-corrected chi connectivity index (χ2v) is 4.86. The zero-order valence-electron chi connectivity index (χ0n) is 9.08. The Morgan fingerprint density at radius 3 is 3.00 bits per heavy atom. The number of amides is 1. The minimum absolute atomic E-state index is 0.299. The Morgan fingerprint density at radius 1 is 1.64 bits per heavy atom. The summed E-state index contributed by atoms with van der Waals surface area (Å²) < 4.78 is 0. The molecular formula is C10H20N2OS.